The largest absolute Gasteiger partial charge is 0.480 e. The van der Waals surface area contributed by atoms with E-state index in [0.717, 1.165) is 25.9 Å². The van der Waals surface area contributed by atoms with E-state index in [1.807, 2.05) is 0 Å². The summed E-state index contributed by atoms with van der Waals surface area (Å²) in [6.45, 7) is 7.20. The molecular weight excluding hydrogens is 260 g/mol. The monoisotopic (exact) mass is 286 g/mol. The number of rotatable bonds is 4. The third-order valence-electron chi connectivity index (χ3n) is 3.40. The van der Waals surface area contributed by atoms with Crippen molar-refractivity contribution in [3.05, 3.63) is 0 Å². The molecule has 0 spiro atoms. The van der Waals surface area contributed by atoms with Crippen LogP contribution in [0.15, 0.2) is 0 Å². The molecule has 0 bridgehead atoms. The van der Waals surface area contributed by atoms with Gasteiger partial charge in [0.05, 0.1) is 0 Å². The Morgan fingerprint density at radius 3 is 2.35 bits per heavy atom. The van der Waals surface area contributed by atoms with Crippen molar-refractivity contribution in [3.63, 3.8) is 0 Å². The summed E-state index contributed by atoms with van der Waals surface area (Å²) in [4.78, 5) is 25.2. The summed E-state index contributed by atoms with van der Waals surface area (Å²) in [6, 6.07) is -0.877. The fourth-order valence-corrected chi connectivity index (χ4v) is 2.30. The molecule has 1 amide bonds. The van der Waals surface area contributed by atoms with Crippen LogP contribution in [0.5, 0.6) is 0 Å². The maximum Gasteiger partial charge on any atom is 0.408 e. The Hall–Kier alpha value is -1.30. The fourth-order valence-electron chi connectivity index (χ4n) is 2.30. The lowest BCUT2D eigenvalue weighted by atomic mass is 9.90. The quantitative estimate of drug-likeness (QED) is 0.822. The lowest BCUT2D eigenvalue weighted by Gasteiger charge is -2.30. The lowest BCUT2D eigenvalue weighted by molar-refractivity contribution is -0.140. The number of ether oxygens (including phenoxy) is 1. The smallest absolute Gasteiger partial charge is 0.408 e. The topological polar surface area (TPSA) is 78.9 Å². The van der Waals surface area contributed by atoms with Gasteiger partial charge in [0, 0.05) is 0 Å². The molecule has 0 saturated carbocycles. The van der Waals surface area contributed by atoms with Crippen LogP contribution in [0.4, 0.5) is 4.79 Å². The average molecular weight is 286 g/mol. The van der Waals surface area contributed by atoms with Gasteiger partial charge in [-0.05, 0) is 66.1 Å². The van der Waals surface area contributed by atoms with Crippen molar-refractivity contribution in [2.75, 3.05) is 20.1 Å². The summed E-state index contributed by atoms with van der Waals surface area (Å²) in [7, 11) is 2.06. The minimum absolute atomic E-state index is 0.335. The van der Waals surface area contributed by atoms with E-state index in [2.05, 4.69) is 17.3 Å². The van der Waals surface area contributed by atoms with E-state index in [9.17, 15) is 14.7 Å². The Kier molecular flexibility index (Phi) is 5.80. The molecule has 0 aromatic rings. The maximum atomic E-state index is 11.7. The van der Waals surface area contributed by atoms with E-state index in [4.69, 9.17) is 4.74 Å². The number of piperidine rings is 1. The zero-order valence-corrected chi connectivity index (χ0v) is 12.8. The van der Waals surface area contributed by atoms with Gasteiger partial charge in [-0.2, -0.15) is 0 Å². The molecule has 1 fully saturated rings. The first-order chi connectivity index (χ1) is 9.17. The Labute approximate surface area is 120 Å². The standard InChI is InChI=1S/C14H26N2O4/c1-14(2,3)20-13(19)15-11(12(17)18)9-10-5-7-16(4)8-6-10/h10-11H,5-9H2,1-4H3,(H,15,19)(H,17,18)/t11-/m0/s1. The van der Waals surface area contributed by atoms with Crippen LogP contribution < -0.4 is 5.32 Å². The van der Waals surface area contributed by atoms with Crippen molar-refractivity contribution < 1.29 is 19.4 Å². The Morgan fingerprint density at radius 2 is 1.90 bits per heavy atom. The Morgan fingerprint density at radius 1 is 1.35 bits per heavy atom. The van der Waals surface area contributed by atoms with Gasteiger partial charge < -0.3 is 20.1 Å². The lowest BCUT2D eigenvalue weighted by Crippen LogP contribution is -2.45. The van der Waals surface area contributed by atoms with Crippen molar-refractivity contribution in [2.24, 2.45) is 5.92 Å². The number of hydrogen-bond donors (Lipinski definition) is 2. The van der Waals surface area contributed by atoms with Crippen LogP contribution in [0.25, 0.3) is 0 Å². The van der Waals surface area contributed by atoms with Crippen molar-refractivity contribution in [3.8, 4) is 0 Å². The number of amides is 1. The molecule has 0 aromatic carbocycles. The van der Waals surface area contributed by atoms with E-state index in [1.165, 1.54) is 0 Å². The second-order valence-corrected chi connectivity index (χ2v) is 6.52. The molecule has 116 valence electrons. The molecule has 0 aromatic heterocycles. The van der Waals surface area contributed by atoms with E-state index >= 15 is 0 Å². The number of carbonyl (C=O) groups excluding carboxylic acids is 1. The predicted octanol–water partition coefficient (Wildman–Crippen LogP) is 1.70. The first kappa shape index (κ1) is 16.8. The van der Waals surface area contributed by atoms with Gasteiger partial charge in [-0.3, -0.25) is 0 Å². The number of hydrogen-bond acceptors (Lipinski definition) is 4. The van der Waals surface area contributed by atoms with Crippen LogP contribution in [0, 0.1) is 5.92 Å². The molecule has 1 heterocycles. The summed E-state index contributed by atoms with van der Waals surface area (Å²) in [5, 5.41) is 11.7. The summed E-state index contributed by atoms with van der Waals surface area (Å²) in [6.07, 6.45) is 1.73. The summed E-state index contributed by atoms with van der Waals surface area (Å²) in [5.41, 5.74) is -0.624. The fraction of sp³-hybridized carbons (Fsp3) is 0.857. The molecule has 1 aliphatic heterocycles. The molecule has 1 saturated heterocycles. The zero-order valence-electron chi connectivity index (χ0n) is 12.8. The molecule has 0 unspecified atom stereocenters. The average Bonchev–Trinajstić information content (AvgIpc) is 2.28. The third kappa shape index (κ3) is 6.23. The van der Waals surface area contributed by atoms with Crippen LogP contribution in [0.3, 0.4) is 0 Å². The highest BCUT2D eigenvalue weighted by molar-refractivity contribution is 5.80. The minimum atomic E-state index is -1.00. The molecule has 0 radical (unpaired) electrons. The number of likely N-dealkylation sites (tertiary alicyclic amines) is 1. The van der Waals surface area contributed by atoms with Gasteiger partial charge in [-0.15, -0.1) is 0 Å². The molecule has 1 atom stereocenters. The molecule has 6 nitrogen and oxygen atoms in total. The highest BCUT2D eigenvalue weighted by Crippen LogP contribution is 2.21. The van der Waals surface area contributed by atoms with Crippen LogP contribution in [-0.4, -0.2) is 53.8 Å². The predicted molar refractivity (Wildman–Crippen MR) is 75.6 cm³/mol. The number of nitrogens with zero attached hydrogens (tertiary/aromatic N) is 1. The number of carbonyl (C=O) groups is 2. The van der Waals surface area contributed by atoms with Crippen molar-refractivity contribution in [1.29, 1.82) is 0 Å². The molecule has 2 N–H and O–H groups in total. The Balaban J connectivity index is 2.48. The van der Waals surface area contributed by atoms with E-state index in [-0.39, 0.29) is 0 Å². The van der Waals surface area contributed by atoms with E-state index in [1.54, 1.807) is 20.8 Å². The summed E-state index contributed by atoms with van der Waals surface area (Å²) >= 11 is 0. The first-order valence-electron chi connectivity index (χ1n) is 7.08. The molecular formula is C14H26N2O4. The van der Waals surface area contributed by atoms with Gasteiger partial charge in [-0.25, -0.2) is 9.59 Å². The van der Waals surface area contributed by atoms with Crippen molar-refractivity contribution in [2.45, 2.75) is 51.7 Å². The number of carboxylic acids is 1. The molecule has 0 aliphatic carbocycles. The van der Waals surface area contributed by atoms with Crippen LogP contribution in [0.2, 0.25) is 0 Å². The normalized spacial score (nSPS) is 19.4. The van der Waals surface area contributed by atoms with Crippen LogP contribution in [-0.2, 0) is 9.53 Å². The number of aliphatic carboxylic acids is 1. The van der Waals surface area contributed by atoms with Gasteiger partial charge in [0.1, 0.15) is 11.6 Å². The first-order valence-corrected chi connectivity index (χ1v) is 7.08. The van der Waals surface area contributed by atoms with Gasteiger partial charge in [0.25, 0.3) is 0 Å². The second-order valence-electron chi connectivity index (χ2n) is 6.52. The maximum absolute atomic E-state index is 11.7. The highest BCUT2D eigenvalue weighted by Gasteiger charge is 2.28. The number of nitrogens with one attached hydrogen (secondary N) is 1. The highest BCUT2D eigenvalue weighted by atomic mass is 16.6. The number of carboxylic acid groups (broad SMARTS) is 1. The summed E-state index contributed by atoms with van der Waals surface area (Å²) in [5.74, 6) is -0.669. The summed E-state index contributed by atoms with van der Waals surface area (Å²) < 4.78 is 5.10. The van der Waals surface area contributed by atoms with Gasteiger partial charge >= 0.3 is 12.1 Å². The molecule has 6 heteroatoms. The Bertz CT molecular complexity index is 344. The van der Waals surface area contributed by atoms with E-state index in [0.29, 0.717) is 12.3 Å². The van der Waals surface area contributed by atoms with Crippen molar-refractivity contribution >= 4 is 12.1 Å². The van der Waals surface area contributed by atoms with Gasteiger partial charge in [0.15, 0.2) is 0 Å². The SMILES string of the molecule is CN1CCC(C[C@H](NC(=O)OC(C)(C)C)C(=O)O)CC1. The number of alkyl carbamates (subject to hydrolysis) is 1. The molecule has 1 aliphatic rings. The second kappa shape index (κ2) is 6.92. The zero-order chi connectivity index (χ0) is 15.3. The van der Waals surface area contributed by atoms with Gasteiger partial charge in [0.2, 0.25) is 0 Å². The minimum Gasteiger partial charge on any atom is -0.480 e. The molecule has 1 rings (SSSR count). The van der Waals surface area contributed by atoms with Gasteiger partial charge in [-0.1, -0.05) is 0 Å². The van der Waals surface area contributed by atoms with Crippen LogP contribution >= 0.6 is 0 Å². The molecule has 20 heavy (non-hydrogen) atoms. The van der Waals surface area contributed by atoms with E-state index < -0.39 is 23.7 Å². The van der Waals surface area contributed by atoms with Crippen LogP contribution in [0.1, 0.15) is 40.0 Å². The third-order valence-corrected chi connectivity index (χ3v) is 3.40. The van der Waals surface area contributed by atoms with Crippen molar-refractivity contribution in [1.82, 2.24) is 10.2 Å².